The zero-order valence-corrected chi connectivity index (χ0v) is 26.4. The summed E-state index contributed by atoms with van der Waals surface area (Å²) < 4.78 is 0. The second-order valence-electron chi connectivity index (χ2n) is 12.6. The normalized spacial score (nSPS) is 23.3. The number of carbonyl (C=O) groups excluding carboxylic acids is 1. The summed E-state index contributed by atoms with van der Waals surface area (Å²) >= 11 is 0. The Morgan fingerprint density at radius 2 is 1.12 bits per heavy atom. The lowest BCUT2D eigenvalue weighted by Gasteiger charge is -2.25. The molecule has 0 aromatic rings. The lowest BCUT2D eigenvalue weighted by atomic mass is 9.83. The molecule has 2 nitrogen and oxygen atoms in total. The topological polar surface area (TPSA) is 37.3 Å². The minimum Gasteiger partial charge on any atom is -0.392 e. The van der Waals surface area contributed by atoms with E-state index in [1.807, 2.05) is 6.92 Å². The number of rotatable bonds is 10. The number of carbonyl (C=O) groups is 1. The molecule has 214 valence electrons. The van der Waals surface area contributed by atoms with Crippen LogP contribution in [0.15, 0.2) is 130 Å². The molecule has 40 heavy (non-hydrogen) atoms. The van der Waals surface area contributed by atoms with Gasteiger partial charge in [0.2, 0.25) is 0 Å². The van der Waals surface area contributed by atoms with Crippen molar-refractivity contribution in [3.05, 3.63) is 130 Å². The van der Waals surface area contributed by atoms with E-state index >= 15 is 0 Å². The van der Waals surface area contributed by atoms with Crippen molar-refractivity contribution >= 4 is 5.78 Å². The molecule has 0 bridgehead atoms. The predicted molar refractivity (Wildman–Crippen MR) is 174 cm³/mol. The first-order valence-corrected chi connectivity index (χ1v) is 14.4. The summed E-state index contributed by atoms with van der Waals surface area (Å²) in [4.78, 5) is 12.1. The zero-order chi connectivity index (χ0) is 30.1. The van der Waals surface area contributed by atoms with Crippen LogP contribution in [0.4, 0.5) is 0 Å². The Balaban J connectivity index is 1.89. The fraction of sp³-hybridized carbons (Fsp3) is 0.395. The Labute approximate surface area is 244 Å². The van der Waals surface area contributed by atoms with E-state index in [1.54, 1.807) is 0 Å². The molecule has 0 saturated carbocycles. The van der Waals surface area contributed by atoms with E-state index in [4.69, 9.17) is 0 Å². The van der Waals surface area contributed by atoms with Gasteiger partial charge in [-0.3, -0.25) is 4.79 Å². The standard InChI is InChI=1S/C38H50O2/c1-27(17-13-19-29(3)21-23-33-31(5)25-36(40)38(33,9)10)15-11-12-16-28(2)18-14-20-30(4)22-24-34-32(6)35(39)26-37(34,7)8/h11-24,36,40H,25-26H2,1-10H3/b12-11+,17-13+,18-14+,23-21+,24-22+,27-15+,28-16+,29-19+,30-20+. The number of hydrogen-bond acceptors (Lipinski definition) is 2. The first kappa shape index (κ1) is 33.0. The number of ketones is 1. The fourth-order valence-electron chi connectivity index (χ4n) is 5.15. The van der Waals surface area contributed by atoms with Gasteiger partial charge in [0.15, 0.2) is 5.78 Å². The third-order valence-electron chi connectivity index (χ3n) is 7.93. The monoisotopic (exact) mass is 538 g/mol. The van der Waals surface area contributed by atoms with Crippen molar-refractivity contribution in [1.29, 1.82) is 0 Å². The second kappa shape index (κ2) is 14.4. The van der Waals surface area contributed by atoms with Crippen LogP contribution in [0.2, 0.25) is 0 Å². The summed E-state index contributed by atoms with van der Waals surface area (Å²) in [7, 11) is 0. The molecule has 0 fully saturated rings. The van der Waals surface area contributed by atoms with Crippen LogP contribution in [0, 0.1) is 10.8 Å². The molecule has 1 atom stereocenters. The average Bonchev–Trinajstić information content (AvgIpc) is 3.17. The summed E-state index contributed by atoms with van der Waals surface area (Å²) in [5.41, 5.74) is 8.96. The van der Waals surface area contributed by atoms with E-state index in [9.17, 15) is 9.90 Å². The van der Waals surface area contributed by atoms with E-state index in [0.717, 1.165) is 23.1 Å². The maximum atomic E-state index is 12.1. The molecule has 1 N–H and O–H groups in total. The summed E-state index contributed by atoms with van der Waals surface area (Å²) in [6, 6.07) is 0. The summed E-state index contributed by atoms with van der Waals surface area (Å²) in [5.74, 6) is 0.260. The van der Waals surface area contributed by atoms with Gasteiger partial charge in [-0.1, -0.05) is 141 Å². The van der Waals surface area contributed by atoms with E-state index in [2.05, 4.69) is 147 Å². The molecule has 2 aliphatic rings. The zero-order valence-electron chi connectivity index (χ0n) is 26.4. The van der Waals surface area contributed by atoms with Gasteiger partial charge in [-0.05, 0) is 70.1 Å². The molecule has 0 saturated heterocycles. The van der Waals surface area contributed by atoms with Crippen molar-refractivity contribution in [2.45, 2.75) is 88.2 Å². The molecule has 2 aliphatic carbocycles. The average molecular weight is 539 g/mol. The highest BCUT2D eigenvalue weighted by Crippen LogP contribution is 2.43. The minimum absolute atomic E-state index is 0.0786. The highest BCUT2D eigenvalue weighted by atomic mass is 16.3. The van der Waals surface area contributed by atoms with Gasteiger partial charge in [-0.15, -0.1) is 0 Å². The third kappa shape index (κ3) is 9.45. The maximum Gasteiger partial charge on any atom is 0.159 e. The van der Waals surface area contributed by atoms with Crippen LogP contribution in [-0.4, -0.2) is 17.0 Å². The molecule has 0 spiro atoms. The number of aliphatic hydroxyl groups excluding tert-OH is 1. The molecule has 0 amide bonds. The third-order valence-corrected chi connectivity index (χ3v) is 7.93. The molecule has 0 aliphatic heterocycles. The Hall–Kier alpha value is -3.23. The van der Waals surface area contributed by atoms with Crippen LogP contribution in [0.1, 0.15) is 82.1 Å². The van der Waals surface area contributed by atoms with Gasteiger partial charge in [-0.2, -0.15) is 0 Å². The smallest absolute Gasteiger partial charge is 0.159 e. The van der Waals surface area contributed by atoms with Crippen LogP contribution in [0.5, 0.6) is 0 Å². The Morgan fingerprint density at radius 1 is 0.700 bits per heavy atom. The van der Waals surface area contributed by atoms with Gasteiger partial charge in [0.1, 0.15) is 0 Å². The summed E-state index contributed by atoms with van der Waals surface area (Å²) in [5, 5.41) is 10.3. The summed E-state index contributed by atoms with van der Waals surface area (Å²) in [6.45, 7) is 20.9. The van der Waals surface area contributed by atoms with E-state index in [1.165, 1.54) is 27.9 Å². The molecule has 2 heteroatoms. The first-order valence-electron chi connectivity index (χ1n) is 14.4. The van der Waals surface area contributed by atoms with Crippen molar-refractivity contribution in [3.8, 4) is 0 Å². The highest BCUT2D eigenvalue weighted by Gasteiger charge is 2.37. The Bertz CT molecular complexity index is 1300. The van der Waals surface area contributed by atoms with Gasteiger partial charge in [0, 0.05) is 11.8 Å². The quantitative estimate of drug-likeness (QED) is 0.281. The molecular formula is C38H50O2. The summed E-state index contributed by atoms with van der Waals surface area (Å²) in [6.07, 6.45) is 30.4. The van der Waals surface area contributed by atoms with Crippen LogP contribution >= 0.6 is 0 Å². The minimum atomic E-state index is -0.299. The van der Waals surface area contributed by atoms with E-state index in [-0.39, 0.29) is 22.7 Å². The van der Waals surface area contributed by atoms with Gasteiger partial charge in [-0.25, -0.2) is 0 Å². The van der Waals surface area contributed by atoms with Crippen LogP contribution in [-0.2, 0) is 4.79 Å². The molecule has 0 aromatic carbocycles. The number of aliphatic hydroxyl groups is 1. The van der Waals surface area contributed by atoms with E-state index in [0.29, 0.717) is 6.42 Å². The molecule has 0 heterocycles. The van der Waals surface area contributed by atoms with Gasteiger partial charge < -0.3 is 5.11 Å². The lowest BCUT2D eigenvalue weighted by Crippen LogP contribution is -2.25. The Kier molecular flexibility index (Phi) is 11.9. The molecule has 2 rings (SSSR count). The maximum absolute atomic E-state index is 12.1. The molecule has 1 unspecified atom stereocenters. The fourth-order valence-corrected chi connectivity index (χ4v) is 5.15. The number of allylic oxidation sites excluding steroid dienone is 20. The van der Waals surface area contributed by atoms with Crippen molar-refractivity contribution in [3.63, 3.8) is 0 Å². The lowest BCUT2D eigenvalue weighted by molar-refractivity contribution is -0.115. The Morgan fingerprint density at radius 3 is 1.52 bits per heavy atom. The van der Waals surface area contributed by atoms with Crippen molar-refractivity contribution in [2.75, 3.05) is 0 Å². The molecular weight excluding hydrogens is 488 g/mol. The van der Waals surface area contributed by atoms with E-state index < -0.39 is 0 Å². The predicted octanol–water partition coefficient (Wildman–Crippen LogP) is 9.98. The molecule has 0 radical (unpaired) electrons. The van der Waals surface area contributed by atoms with Crippen LogP contribution in [0.3, 0.4) is 0 Å². The van der Waals surface area contributed by atoms with Gasteiger partial charge >= 0.3 is 0 Å². The second-order valence-corrected chi connectivity index (χ2v) is 12.6. The first-order chi connectivity index (χ1) is 18.6. The van der Waals surface area contributed by atoms with Crippen molar-refractivity contribution in [2.24, 2.45) is 10.8 Å². The van der Waals surface area contributed by atoms with Crippen molar-refractivity contribution < 1.29 is 9.90 Å². The molecule has 0 aromatic heterocycles. The largest absolute Gasteiger partial charge is 0.392 e. The van der Waals surface area contributed by atoms with Crippen LogP contribution in [0.25, 0.3) is 0 Å². The number of hydrogen-bond donors (Lipinski definition) is 1. The van der Waals surface area contributed by atoms with Gasteiger partial charge in [0.25, 0.3) is 0 Å². The van der Waals surface area contributed by atoms with Gasteiger partial charge in [0.05, 0.1) is 6.10 Å². The van der Waals surface area contributed by atoms with Crippen LogP contribution < -0.4 is 0 Å². The van der Waals surface area contributed by atoms with Crippen molar-refractivity contribution in [1.82, 2.24) is 0 Å². The SMILES string of the molecule is CC1=C(/C=C/C(C)=C/C=C/C(C)=C/C=C/C=C(C)/C=C/C=C(C)/C=C/C2=C(C)C(=O)CC2(C)C)C(C)(C)C(O)C1. The highest BCUT2D eigenvalue weighted by molar-refractivity contribution is 6.00. The number of Topliss-reactive ketones (excluding diaryl/α,β-unsaturated/α-hetero) is 1.